The molecule has 0 N–H and O–H groups in total. The van der Waals surface area contributed by atoms with Crippen LogP contribution in [-0.4, -0.2) is 37.6 Å². The van der Waals surface area contributed by atoms with Gasteiger partial charge < -0.3 is 9.64 Å². The van der Waals surface area contributed by atoms with E-state index in [-0.39, 0.29) is 12.5 Å². The SMILES string of the molecule is CCCOCC(=O)N(C)CC1CC1C. The number of carbonyl (C=O) groups excluding carboxylic acids is 1. The Balaban J connectivity index is 2.09. The molecule has 0 aromatic carbocycles. The molecule has 1 rings (SSSR count). The van der Waals surface area contributed by atoms with E-state index in [0.29, 0.717) is 6.61 Å². The maximum atomic E-state index is 11.5. The highest BCUT2D eigenvalue weighted by Crippen LogP contribution is 2.37. The average molecular weight is 199 g/mol. The maximum Gasteiger partial charge on any atom is 0.248 e. The van der Waals surface area contributed by atoms with Gasteiger partial charge in [0.25, 0.3) is 0 Å². The molecule has 1 fully saturated rings. The van der Waals surface area contributed by atoms with Crippen molar-refractivity contribution in [3.8, 4) is 0 Å². The Bertz CT molecular complexity index is 194. The van der Waals surface area contributed by atoms with Crippen LogP contribution in [0.5, 0.6) is 0 Å². The minimum atomic E-state index is 0.109. The van der Waals surface area contributed by atoms with Gasteiger partial charge in [0.05, 0.1) is 0 Å². The Morgan fingerprint density at radius 2 is 2.21 bits per heavy atom. The van der Waals surface area contributed by atoms with Crippen molar-refractivity contribution in [1.82, 2.24) is 4.90 Å². The van der Waals surface area contributed by atoms with Crippen LogP contribution in [0.3, 0.4) is 0 Å². The fraction of sp³-hybridized carbons (Fsp3) is 0.909. The summed E-state index contributed by atoms with van der Waals surface area (Å²) in [6, 6.07) is 0. The number of amides is 1. The van der Waals surface area contributed by atoms with E-state index in [4.69, 9.17) is 4.74 Å². The summed E-state index contributed by atoms with van der Waals surface area (Å²) in [7, 11) is 1.86. The summed E-state index contributed by atoms with van der Waals surface area (Å²) in [4.78, 5) is 13.3. The van der Waals surface area contributed by atoms with Gasteiger partial charge in [-0.3, -0.25) is 4.79 Å². The number of ether oxygens (including phenoxy) is 1. The van der Waals surface area contributed by atoms with Crippen LogP contribution in [0.15, 0.2) is 0 Å². The molecule has 1 saturated carbocycles. The Morgan fingerprint density at radius 3 is 2.71 bits per heavy atom. The quantitative estimate of drug-likeness (QED) is 0.607. The molecule has 1 amide bonds. The second-order valence-corrected chi connectivity index (χ2v) is 4.30. The molecule has 82 valence electrons. The van der Waals surface area contributed by atoms with Gasteiger partial charge in [0, 0.05) is 20.2 Å². The van der Waals surface area contributed by atoms with Crippen molar-refractivity contribution in [2.24, 2.45) is 11.8 Å². The van der Waals surface area contributed by atoms with E-state index in [1.807, 2.05) is 14.0 Å². The van der Waals surface area contributed by atoms with Gasteiger partial charge in [-0.05, 0) is 24.7 Å². The third-order valence-electron chi connectivity index (χ3n) is 2.78. The van der Waals surface area contributed by atoms with Gasteiger partial charge >= 0.3 is 0 Å². The molecule has 1 aliphatic carbocycles. The summed E-state index contributed by atoms with van der Waals surface area (Å²) in [6.07, 6.45) is 2.24. The molecule has 3 nitrogen and oxygen atoms in total. The van der Waals surface area contributed by atoms with Crippen molar-refractivity contribution in [2.75, 3.05) is 26.8 Å². The summed E-state index contributed by atoms with van der Waals surface area (Å²) < 4.78 is 5.20. The molecule has 0 spiro atoms. The standard InChI is InChI=1S/C11H21NO2/c1-4-5-14-8-11(13)12(3)7-10-6-9(10)2/h9-10H,4-8H2,1-3H3. The Labute approximate surface area is 86.4 Å². The van der Waals surface area contributed by atoms with Gasteiger partial charge in [0.15, 0.2) is 0 Å². The van der Waals surface area contributed by atoms with Crippen LogP contribution in [-0.2, 0) is 9.53 Å². The molecule has 0 saturated heterocycles. The topological polar surface area (TPSA) is 29.5 Å². The number of likely N-dealkylation sites (N-methyl/N-ethyl adjacent to an activating group) is 1. The highest BCUT2D eigenvalue weighted by molar-refractivity contribution is 5.77. The monoisotopic (exact) mass is 199 g/mol. The Morgan fingerprint density at radius 1 is 1.57 bits per heavy atom. The third-order valence-corrected chi connectivity index (χ3v) is 2.78. The van der Waals surface area contributed by atoms with Gasteiger partial charge in [-0.1, -0.05) is 13.8 Å². The lowest BCUT2D eigenvalue weighted by Gasteiger charge is -2.16. The van der Waals surface area contributed by atoms with E-state index >= 15 is 0 Å². The molecular weight excluding hydrogens is 178 g/mol. The van der Waals surface area contributed by atoms with Crippen molar-refractivity contribution in [2.45, 2.75) is 26.7 Å². The largest absolute Gasteiger partial charge is 0.372 e. The average Bonchev–Trinajstić information content (AvgIpc) is 2.82. The fourth-order valence-corrected chi connectivity index (χ4v) is 1.52. The number of nitrogens with zero attached hydrogens (tertiary/aromatic N) is 1. The van der Waals surface area contributed by atoms with Gasteiger partial charge in [-0.2, -0.15) is 0 Å². The van der Waals surface area contributed by atoms with Crippen molar-refractivity contribution >= 4 is 5.91 Å². The lowest BCUT2D eigenvalue weighted by molar-refractivity contribution is -0.135. The zero-order valence-electron chi connectivity index (χ0n) is 9.45. The summed E-state index contributed by atoms with van der Waals surface area (Å²) >= 11 is 0. The molecule has 0 aliphatic heterocycles. The first-order valence-electron chi connectivity index (χ1n) is 5.46. The molecule has 0 bridgehead atoms. The molecule has 1 aliphatic rings. The predicted molar refractivity (Wildman–Crippen MR) is 56.0 cm³/mol. The maximum absolute atomic E-state index is 11.5. The van der Waals surface area contributed by atoms with E-state index in [1.54, 1.807) is 4.90 Å². The number of hydrogen-bond acceptors (Lipinski definition) is 2. The molecule has 3 heteroatoms. The summed E-state index contributed by atoms with van der Waals surface area (Å²) in [6.45, 7) is 6.09. The molecule has 0 radical (unpaired) electrons. The molecular formula is C11H21NO2. The van der Waals surface area contributed by atoms with Crippen LogP contribution >= 0.6 is 0 Å². The zero-order chi connectivity index (χ0) is 10.6. The normalized spacial score (nSPS) is 24.8. The number of hydrogen-bond donors (Lipinski definition) is 0. The summed E-state index contributed by atoms with van der Waals surface area (Å²) in [5, 5.41) is 0. The van der Waals surface area contributed by atoms with E-state index < -0.39 is 0 Å². The Kier molecular flexibility index (Phi) is 4.39. The first-order chi connectivity index (χ1) is 6.65. The van der Waals surface area contributed by atoms with Crippen molar-refractivity contribution in [3.63, 3.8) is 0 Å². The first kappa shape index (κ1) is 11.5. The van der Waals surface area contributed by atoms with E-state index in [9.17, 15) is 4.79 Å². The predicted octanol–water partition coefficient (Wildman–Crippen LogP) is 1.53. The molecule has 2 unspecified atom stereocenters. The van der Waals surface area contributed by atoms with E-state index in [2.05, 4.69) is 6.92 Å². The second kappa shape index (κ2) is 5.35. The molecule has 0 aromatic rings. The van der Waals surface area contributed by atoms with E-state index in [0.717, 1.165) is 24.8 Å². The van der Waals surface area contributed by atoms with Gasteiger partial charge in [-0.25, -0.2) is 0 Å². The van der Waals surface area contributed by atoms with E-state index in [1.165, 1.54) is 6.42 Å². The molecule has 0 heterocycles. The van der Waals surface area contributed by atoms with Crippen LogP contribution in [0.25, 0.3) is 0 Å². The Hall–Kier alpha value is -0.570. The minimum absolute atomic E-state index is 0.109. The van der Waals surface area contributed by atoms with Crippen LogP contribution in [0.1, 0.15) is 26.7 Å². The van der Waals surface area contributed by atoms with Crippen molar-refractivity contribution in [3.05, 3.63) is 0 Å². The van der Waals surface area contributed by atoms with Crippen molar-refractivity contribution < 1.29 is 9.53 Å². The smallest absolute Gasteiger partial charge is 0.248 e. The lowest BCUT2D eigenvalue weighted by Crippen LogP contribution is -2.32. The third kappa shape index (κ3) is 3.66. The number of rotatable bonds is 6. The van der Waals surface area contributed by atoms with Crippen LogP contribution in [0.4, 0.5) is 0 Å². The van der Waals surface area contributed by atoms with Crippen LogP contribution < -0.4 is 0 Å². The van der Waals surface area contributed by atoms with Gasteiger partial charge in [0.2, 0.25) is 5.91 Å². The zero-order valence-corrected chi connectivity index (χ0v) is 9.45. The summed E-state index contributed by atoms with van der Waals surface area (Å²) in [5.41, 5.74) is 0. The first-order valence-corrected chi connectivity index (χ1v) is 5.46. The summed E-state index contributed by atoms with van der Waals surface area (Å²) in [5.74, 6) is 1.65. The van der Waals surface area contributed by atoms with Crippen LogP contribution in [0, 0.1) is 11.8 Å². The highest BCUT2D eigenvalue weighted by Gasteiger charge is 2.33. The minimum Gasteiger partial charge on any atom is -0.372 e. The molecule has 0 aromatic heterocycles. The second-order valence-electron chi connectivity index (χ2n) is 4.30. The molecule has 2 atom stereocenters. The molecule has 14 heavy (non-hydrogen) atoms. The number of carbonyl (C=O) groups is 1. The van der Waals surface area contributed by atoms with Crippen molar-refractivity contribution in [1.29, 1.82) is 0 Å². The van der Waals surface area contributed by atoms with Crippen LogP contribution in [0.2, 0.25) is 0 Å². The van der Waals surface area contributed by atoms with Gasteiger partial charge in [0.1, 0.15) is 6.61 Å². The highest BCUT2D eigenvalue weighted by atomic mass is 16.5. The lowest BCUT2D eigenvalue weighted by atomic mass is 10.3. The van der Waals surface area contributed by atoms with Gasteiger partial charge in [-0.15, -0.1) is 0 Å². The fourth-order valence-electron chi connectivity index (χ4n) is 1.52.